The predicted octanol–water partition coefficient (Wildman–Crippen LogP) is 4.19. The molecule has 0 saturated carbocycles. The number of methoxy groups -OCH3 is 1. The van der Waals surface area contributed by atoms with Gasteiger partial charge in [-0.1, -0.05) is 35.3 Å². The van der Waals surface area contributed by atoms with E-state index in [0.29, 0.717) is 28.7 Å². The Morgan fingerprint density at radius 2 is 1.83 bits per heavy atom. The van der Waals surface area contributed by atoms with E-state index in [1.165, 1.54) is 23.3 Å². The number of amides is 1. The number of hydrogen-bond acceptors (Lipinski definition) is 4. The Morgan fingerprint density at radius 3 is 2.42 bits per heavy atom. The smallest absolute Gasteiger partial charge is 0.325 e. The number of hydrogen-bond donors (Lipinski definition) is 0. The third kappa shape index (κ3) is 5.82. The van der Waals surface area contributed by atoms with Crippen molar-refractivity contribution >= 4 is 46.4 Å². The predicted molar refractivity (Wildman–Crippen MR) is 96.5 cm³/mol. The lowest BCUT2D eigenvalue weighted by atomic mass is 10.2. The molecule has 0 aliphatic rings. The Morgan fingerprint density at radius 1 is 1.12 bits per heavy atom. The highest BCUT2D eigenvalue weighted by Crippen LogP contribution is 2.23. The molecule has 2 rings (SSSR count). The van der Waals surface area contributed by atoms with E-state index in [9.17, 15) is 9.59 Å². The van der Waals surface area contributed by atoms with Crippen LogP contribution in [0.1, 0.15) is 16.9 Å². The molecule has 128 valence electrons. The lowest BCUT2D eigenvalue weighted by Crippen LogP contribution is -2.35. The molecule has 1 aromatic carbocycles. The van der Waals surface area contributed by atoms with Gasteiger partial charge in [-0.2, -0.15) is 0 Å². The van der Waals surface area contributed by atoms with Crippen LogP contribution in [0.5, 0.6) is 0 Å². The van der Waals surface area contributed by atoms with Crippen LogP contribution in [0.25, 0.3) is 0 Å². The number of aryl methyl sites for hydroxylation is 1. The van der Waals surface area contributed by atoms with Crippen molar-refractivity contribution in [2.45, 2.75) is 19.4 Å². The minimum atomic E-state index is -0.448. The maximum atomic E-state index is 12.5. The van der Waals surface area contributed by atoms with E-state index in [4.69, 9.17) is 23.2 Å². The Kier molecular flexibility index (Phi) is 7.09. The molecule has 0 aliphatic heterocycles. The Bertz CT molecular complexity index is 700. The van der Waals surface area contributed by atoms with Crippen molar-refractivity contribution in [3.8, 4) is 0 Å². The summed E-state index contributed by atoms with van der Waals surface area (Å²) in [5, 5.41) is 0.624. The molecule has 4 nitrogen and oxygen atoms in total. The molecule has 0 atom stereocenters. The van der Waals surface area contributed by atoms with E-state index in [0.717, 1.165) is 10.4 Å². The first-order chi connectivity index (χ1) is 11.5. The summed E-state index contributed by atoms with van der Waals surface area (Å²) in [5.74, 6) is -0.559. The fourth-order valence-electron chi connectivity index (χ4n) is 2.14. The normalized spacial score (nSPS) is 10.5. The third-order valence-corrected chi connectivity index (χ3v) is 4.94. The van der Waals surface area contributed by atoms with E-state index >= 15 is 0 Å². The number of rotatable bonds is 7. The summed E-state index contributed by atoms with van der Waals surface area (Å²) < 4.78 is 5.38. The quantitative estimate of drug-likeness (QED) is 0.671. The van der Waals surface area contributed by atoms with Crippen LogP contribution in [-0.4, -0.2) is 30.4 Å². The molecule has 0 unspecified atom stereocenters. The van der Waals surface area contributed by atoms with Crippen LogP contribution in [0.2, 0.25) is 9.36 Å². The molecule has 7 heteroatoms. The van der Waals surface area contributed by atoms with Gasteiger partial charge in [-0.05, 0) is 36.2 Å². The summed E-state index contributed by atoms with van der Waals surface area (Å²) in [6.45, 7) is 0.249. The molecule has 0 saturated heterocycles. The first-order valence-corrected chi connectivity index (χ1v) is 8.88. The number of nitrogens with zero attached hydrogens (tertiary/aromatic N) is 1. The van der Waals surface area contributed by atoms with E-state index < -0.39 is 5.97 Å². The standard InChI is InChI=1S/C17H17Cl2NO3S/c1-23-17(22)11-20(10-12-2-4-13(18)5-3-12)16(21)9-7-14-6-8-15(19)24-14/h2-6,8H,7,9-11H2,1H3. The summed E-state index contributed by atoms with van der Waals surface area (Å²) in [5.41, 5.74) is 0.899. The van der Waals surface area contributed by atoms with Crippen molar-refractivity contribution in [2.24, 2.45) is 0 Å². The zero-order valence-electron chi connectivity index (χ0n) is 13.1. The van der Waals surface area contributed by atoms with Gasteiger partial charge in [-0.15, -0.1) is 11.3 Å². The number of carbonyl (C=O) groups excluding carboxylic acids is 2. The zero-order chi connectivity index (χ0) is 17.5. The summed E-state index contributed by atoms with van der Waals surface area (Å²) in [7, 11) is 1.31. The van der Waals surface area contributed by atoms with E-state index in [1.54, 1.807) is 12.1 Å². The molecule has 0 N–H and O–H groups in total. The topological polar surface area (TPSA) is 46.6 Å². The molecule has 1 aromatic heterocycles. The van der Waals surface area contributed by atoms with Gasteiger partial charge in [0.05, 0.1) is 11.4 Å². The van der Waals surface area contributed by atoms with Crippen LogP contribution >= 0.6 is 34.5 Å². The molecule has 0 bridgehead atoms. The average molecular weight is 386 g/mol. The average Bonchev–Trinajstić information content (AvgIpc) is 2.99. The van der Waals surface area contributed by atoms with Crippen molar-refractivity contribution in [1.29, 1.82) is 0 Å². The second-order valence-corrected chi connectivity index (χ2v) is 7.39. The SMILES string of the molecule is COC(=O)CN(Cc1ccc(Cl)cc1)C(=O)CCc1ccc(Cl)s1. The van der Waals surface area contributed by atoms with Crippen molar-refractivity contribution < 1.29 is 14.3 Å². The van der Waals surface area contributed by atoms with Gasteiger partial charge in [0.1, 0.15) is 6.54 Å². The highest BCUT2D eigenvalue weighted by molar-refractivity contribution is 7.16. The van der Waals surface area contributed by atoms with Crippen molar-refractivity contribution in [3.05, 3.63) is 56.2 Å². The number of thiophene rings is 1. The van der Waals surface area contributed by atoms with E-state index in [2.05, 4.69) is 4.74 Å². The van der Waals surface area contributed by atoms with Crippen molar-refractivity contribution in [2.75, 3.05) is 13.7 Å². The van der Waals surface area contributed by atoms with Gasteiger partial charge in [0.25, 0.3) is 0 Å². The molecule has 0 radical (unpaired) electrons. The molecule has 1 amide bonds. The van der Waals surface area contributed by atoms with Crippen LogP contribution in [-0.2, 0) is 27.3 Å². The maximum Gasteiger partial charge on any atom is 0.325 e. The van der Waals surface area contributed by atoms with E-state index in [1.807, 2.05) is 24.3 Å². The molecule has 1 heterocycles. The van der Waals surface area contributed by atoms with Gasteiger partial charge in [0.2, 0.25) is 5.91 Å². The van der Waals surface area contributed by atoms with Crippen LogP contribution in [0, 0.1) is 0 Å². The number of benzene rings is 1. The summed E-state index contributed by atoms with van der Waals surface area (Å²) in [6, 6.07) is 10.9. The fourth-order valence-corrected chi connectivity index (χ4v) is 3.35. The second-order valence-electron chi connectivity index (χ2n) is 5.16. The zero-order valence-corrected chi connectivity index (χ0v) is 15.5. The van der Waals surface area contributed by atoms with E-state index in [-0.39, 0.29) is 12.5 Å². The van der Waals surface area contributed by atoms with Gasteiger partial charge in [-0.25, -0.2) is 0 Å². The van der Waals surface area contributed by atoms with Crippen molar-refractivity contribution in [3.63, 3.8) is 0 Å². The molecule has 2 aromatic rings. The van der Waals surface area contributed by atoms with Gasteiger partial charge in [-0.3, -0.25) is 9.59 Å². The molecule has 0 spiro atoms. The maximum absolute atomic E-state index is 12.5. The van der Waals surface area contributed by atoms with Crippen LogP contribution in [0.15, 0.2) is 36.4 Å². The highest BCUT2D eigenvalue weighted by atomic mass is 35.5. The molecule has 0 aliphatic carbocycles. The molecule has 0 fully saturated rings. The number of esters is 1. The van der Waals surface area contributed by atoms with Gasteiger partial charge < -0.3 is 9.64 Å². The fraction of sp³-hybridized carbons (Fsp3) is 0.294. The summed E-state index contributed by atoms with van der Waals surface area (Å²) in [6.07, 6.45) is 0.899. The number of halogens is 2. The number of ether oxygens (including phenoxy) is 1. The number of carbonyl (C=O) groups is 2. The minimum absolute atomic E-state index is 0.0802. The molecule has 24 heavy (non-hydrogen) atoms. The summed E-state index contributed by atoms with van der Waals surface area (Å²) >= 11 is 13.2. The van der Waals surface area contributed by atoms with Gasteiger partial charge in [0, 0.05) is 22.9 Å². The van der Waals surface area contributed by atoms with Gasteiger partial charge >= 0.3 is 5.97 Å². The molecular formula is C17H17Cl2NO3S. The second kappa shape index (κ2) is 9.06. The Hall–Kier alpha value is -1.56. The Balaban J connectivity index is 2.01. The van der Waals surface area contributed by atoms with Crippen molar-refractivity contribution in [1.82, 2.24) is 4.90 Å². The first kappa shape index (κ1) is 18.8. The summed E-state index contributed by atoms with van der Waals surface area (Å²) in [4.78, 5) is 26.6. The monoisotopic (exact) mass is 385 g/mol. The van der Waals surface area contributed by atoms with Crippen LogP contribution < -0.4 is 0 Å². The van der Waals surface area contributed by atoms with Gasteiger partial charge in [0.15, 0.2) is 0 Å². The lowest BCUT2D eigenvalue weighted by molar-refractivity contribution is -0.147. The van der Waals surface area contributed by atoms with Crippen LogP contribution in [0.4, 0.5) is 0 Å². The Labute approximate surface area is 154 Å². The first-order valence-electron chi connectivity index (χ1n) is 7.31. The minimum Gasteiger partial charge on any atom is -0.468 e. The van der Waals surface area contributed by atoms with Crippen LogP contribution in [0.3, 0.4) is 0 Å². The highest BCUT2D eigenvalue weighted by Gasteiger charge is 2.18. The molecular weight excluding hydrogens is 369 g/mol. The lowest BCUT2D eigenvalue weighted by Gasteiger charge is -2.21. The third-order valence-electron chi connectivity index (χ3n) is 3.40. The largest absolute Gasteiger partial charge is 0.468 e.